The smallest absolute Gasteiger partial charge is 0.404 e. The van der Waals surface area contributed by atoms with Crippen molar-refractivity contribution in [1.82, 2.24) is 5.32 Å². The Morgan fingerprint density at radius 3 is 3.05 bits per heavy atom. The Morgan fingerprint density at radius 2 is 2.29 bits per heavy atom. The van der Waals surface area contributed by atoms with Crippen LogP contribution in [0.2, 0.25) is 0 Å². The summed E-state index contributed by atoms with van der Waals surface area (Å²) < 4.78 is 18.5. The minimum atomic E-state index is -0.564. The van der Waals surface area contributed by atoms with E-state index in [1.165, 1.54) is 12.1 Å². The molecule has 1 aliphatic rings. The van der Waals surface area contributed by atoms with Crippen LogP contribution in [0.3, 0.4) is 0 Å². The molecule has 5 nitrogen and oxygen atoms in total. The molecule has 0 saturated carbocycles. The number of nitrogens with one attached hydrogen (secondary N) is 1. The van der Waals surface area contributed by atoms with Gasteiger partial charge < -0.3 is 9.73 Å². The normalized spacial score (nSPS) is 17.5. The number of hydrogen-bond donors (Lipinski definition) is 1. The maximum atomic E-state index is 13.4. The van der Waals surface area contributed by atoms with Gasteiger partial charge in [0.2, 0.25) is 0 Å². The number of nitro groups is 1. The van der Waals surface area contributed by atoms with E-state index < -0.39 is 4.92 Å². The van der Waals surface area contributed by atoms with E-state index in [0.29, 0.717) is 12.3 Å². The van der Waals surface area contributed by atoms with Gasteiger partial charge in [0.05, 0.1) is 12.6 Å². The Labute approximate surface area is 124 Å². The first-order valence-corrected chi connectivity index (χ1v) is 7.51. The highest BCUT2D eigenvalue weighted by Crippen LogP contribution is 2.36. The molecule has 7 heteroatoms. The van der Waals surface area contributed by atoms with E-state index >= 15 is 0 Å². The summed E-state index contributed by atoms with van der Waals surface area (Å²) in [6.45, 7) is 0.374. The van der Waals surface area contributed by atoms with Crippen molar-refractivity contribution in [2.24, 2.45) is 0 Å². The first-order valence-electron chi connectivity index (χ1n) is 6.52. The predicted molar refractivity (Wildman–Crippen MR) is 76.7 cm³/mol. The van der Waals surface area contributed by atoms with E-state index in [4.69, 9.17) is 4.42 Å². The number of benzene rings is 1. The van der Waals surface area contributed by atoms with Crippen LogP contribution in [-0.4, -0.2) is 10.7 Å². The second-order valence-electron chi connectivity index (χ2n) is 4.75. The Morgan fingerprint density at radius 1 is 1.43 bits per heavy atom. The van der Waals surface area contributed by atoms with Crippen molar-refractivity contribution < 1.29 is 13.7 Å². The molecule has 0 aliphatic carbocycles. The fraction of sp³-hybridized carbons (Fsp3) is 0.286. The lowest BCUT2D eigenvalue weighted by Crippen LogP contribution is -2.24. The van der Waals surface area contributed by atoms with E-state index in [1.807, 2.05) is 0 Å². The quantitative estimate of drug-likeness (QED) is 0.689. The molecule has 21 heavy (non-hydrogen) atoms. The lowest BCUT2D eigenvalue weighted by atomic mass is 10.0. The van der Waals surface area contributed by atoms with Crippen LogP contribution in [0.15, 0.2) is 39.6 Å². The Kier molecular flexibility index (Phi) is 3.94. The summed E-state index contributed by atoms with van der Waals surface area (Å²) in [5, 5.41) is 13.8. The van der Waals surface area contributed by atoms with E-state index in [1.54, 1.807) is 30.0 Å². The number of nitrogens with zero attached hydrogens (tertiary/aromatic N) is 1. The van der Waals surface area contributed by atoms with Crippen molar-refractivity contribution in [1.29, 1.82) is 0 Å². The van der Waals surface area contributed by atoms with Crippen molar-refractivity contribution in [3.63, 3.8) is 0 Å². The molecular weight excluding hydrogens is 295 g/mol. The second-order valence-corrected chi connectivity index (χ2v) is 5.89. The number of fused-ring (bicyclic) bond motifs is 1. The number of furan rings is 1. The van der Waals surface area contributed by atoms with Gasteiger partial charge in [-0.25, -0.2) is 4.39 Å². The zero-order valence-electron chi connectivity index (χ0n) is 11.0. The van der Waals surface area contributed by atoms with Gasteiger partial charge in [0, 0.05) is 10.9 Å². The van der Waals surface area contributed by atoms with Gasteiger partial charge in [-0.2, -0.15) is 0 Å². The summed E-state index contributed by atoms with van der Waals surface area (Å²) in [5.41, 5.74) is 0.937. The number of hydrogen-bond acceptors (Lipinski definition) is 5. The first-order chi connectivity index (χ1) is 10.1. The van der Waals surface area contributed by atoms with Crippen LogP contribution in [0.1, 0.15) is 23.8 Å². The minimum absolute atomic E-state index is 0.0288. The zero-order valence-corrected chi connectivity index (χ0v) is 11.9. The molecule has 3 rings (SSSR count). The highest BCUT2D eigenvalue weighted by Gasteiger charge is 2.21. The van der Waals surface area contributed by atoms with Gasteiger partial charge >= 0.3 is 5.88 Å². The van der Waals surface area contributed by atoms with Crippen molar-refractivity contribution in [3.05, 3.63) is 57.6 Å². The maximum Gasteiger partial charge on any atom is 0.433 e. The molecule has 1 aliphatic heterocycles. The zero-order chi connectivity index (χ0) is 14.8. The lowest BCUT2D eigenvalue weighted by molar-refractivity contribution is -0.402. The molecule has 2 aromatic rings. The van der Waals surface area contributed by atoms with Crippen LogP contribution in [-0.2, 0) is 6.54 Å². The van der Waals surface area contributed by atoms with Crippen molar-refractivity contribution in [2.75, 3.05) is 5.75 Å². The number of thioether (sulfide) groups is 1. The van der Waals surface area contributed by atoms with Gasteiger partial charge in [0.1, 0.15) is 16.5 Å². The summed E-state index contributed by atoms with van der Waals surface area (Å²) in [6.07, 6.45) is 0.879. The third kappa shape index (κ3) is 3.08. The molecule has 2 heterocycles. The van der Waals surface area contributed by atoms with Crippen LogP contribution in [0, 0.1) is 15.9 Å². The van der Waals surface area contributed by atoms with Crippen molar-refractivity contribution >= 4 is 17.6 Å². The average molecular weight is 308 g/mol. The van der Waals surface area contributed by atoms with Crippen LogP contribution in [0.25, 0.3) is 0 Å². The third-order valence-electron chi connectivity index (χ3n) is 3.36. The highest BCUT2D eigenvalue weighted by atomic mass is 32.2. The van der Waals surface area contributed by atoms with E-state index in [9.17, 15) is 14.5 Å². The fourth-order valence-corrected chi connectivity index (χ4v) is 3.47. The standard InChI is InChI=1S/C14H13FN2O3S/c15-9-1-3-13-11(7-9)12(5-6-21-13)16-8-10-2-4-14(20-10)17(18)19/h1-4,7,12,16H,5-6,8H2. The van der Waals surface area contributed by atoms with E-state index in [0.717, 1.165) is 22.6 Å². The third-order valence-corrected chi connectivity index (χ3v) is 4.48. The van der Waals surface area contributed by atoms with Gasteiger partial charge in [-0.15, -0.1) is 11.8 Å². The second kappa shape index (κ2) is 5.87. The molecule has 0 saturated heterocycles. The topological polar surface area (TPSA) is 68.3 Å². The van der Waals surface area contributed by atoms with Crippen LogP contribution < -0.4 is 5.32 Å². The number of halogens is 1. The van der Waals surface area contributed by atoms with E-state index in [-0.39, 0.29) is 17.7 Å². The van der Waals surface area contributed by atoms with Gasteiger partial charge in [0.25, 0.3) is 0 Å². The molecule has 1 aromatic carbocycles. The predicted octanol–water partition coefficient (Wildman–Crippen LogP) is 3.65. The molecule has 1 N–H and O–H groups in total. The van der Waals surface area contributed by atoms with Crippen molar-refractivity contribution in [2.45, 2.75) is 23.9 Å². The van der Waals surface area contributed by atoms with Gasteiger partial charge in [-0.3, -0.25) is 10.1 Å². The summed E-state index contributed by atoms with van der Waals surface area (Å²) in [6, 6.07) is 7.74. The average Bonchev–Trinajstić information content (AvgIpc) is 2.94. The molecular formula is C14H13FN2O3S. The molecule has 0 amide bonds. The Balaban J connectivity index is 1.71. The monoisotopic (exact) mass is 308 g/mol. The minimum Gasteiger partial charge on any atom is -0.404 e. The molecule has 0 fully saturated rings. The Bertz CT molecular complexity index is 674. The summed E-state index contributed by atoms with van der Waals surface area (Å²) >= 11 is 1.71. The number of rotatable bonds is 4. The lowest BCUT2D eigenvalue weighted by Gasteiger charge is -2.25. The molecule has 1 aromatic heterocycles. The van der Waals surface area contributed by atoms with Crippen molar-refractivity contribution in [3.8, 4) is 0 Å². The molecule has 0 radical (unpaired) electrons. The SMILES string of the molecule is O=[N+]([O-])c1ccc(CNC2CCSc3ccc(F)cc32)o1. The fourth-order valence-electron chi connectivity index (χ4n) is 2.36. The summed E-state index contributed by atoms with van der Waals surface area (Å²) in [5.74, 6) is 0.932. The van der Waals surface area contributed by atoms with Gasteiger partial charge in [-0.05, 0) is 42.0 Å². The molecule has 1 unspecified atom stereocenters. The first kappa shape index (κ1) is 14.1. The van der Waals surface area contributed by atoms with Crippen LogP contribution in [0.4, 0.5) is 10.3 Å². The van der Waals surface area contributed by atoms with Gasteiger partial charge in [-0.1, -0.05) is 0 Å². The summed E-state index contributed by atoms with van der Waals surface area (Å²) in [7, 11) is 0. The highest BCUT2D eigenvalue weighted by molar-refractivity contribution is 7.99. The van der Waals surface area contributed by atoms with Crippen LogP contribution in [0.5, 0.6) is 0 Å². The molecule has 0 spiro atoms. The molecule has 110 valence electrons. The van der Waals surface area contributed by atoms with Crippen LogP contribution >= 0.6 is 11.8 Å². The van der Waals surface area contributed by atoms with E-state index in [2.05, 4.69) is 5.32 Å². The summed E-state index contributed by atoms with van der Waals surface area (Å²) in [4.78, 5) is 11.1. The maximum absolute atomic E-state index is 13.4. The molecule has 1 atom stereocenters. The molecule has 0 bridgehead atoms. The Hall–Kier alpha value is -1.86. The largest absolute Gasteiger partial charge is 0.433 e. The van der Waals surface area contributed by atoms with Gasteiger partial charge in [0.15, 0.2) is 0 Å².